The van der Waals surface area contributed by atoms with Gasteiger partial charge in [0, 0.05) is 26.7 Å². The summed E-state index contributed by atoms with van der Waals surface area (Å²) < 4.78 is 41.5. The zero-order valence-electron chi connectivity index (χ0n) is 12.8. The molecule has 126 valence electrons. The third-order valence-electron chi connectivity index (χ3n) is 3.98. The van der Waals surface area contributed by atoms with Crippen LogP contribution in [0.25, 0.3) is 32.9 Å². The number of aromatic amines is 1. The number of nitrogens with one attached hydrogen (secondary N) is 1. The maximum Gasteiger partial charge on any atom is 0.573 e. The summed E-state index contributed by atoms with van der Waals surface area (Å²) in [5.41, 5.74) is 3.33. The molecule has 0 atom stereocenters. The third-order valence-corrected chi connectivity index (χ3v) is 4.26. The third kappa shape index (κ3) is 3.05. The molecular weight excluding hydrogens is 347 g/mol. The molecule has 1 aromatic heterocycles. The number of alkyl halides is 3. The Bertz CT molecular complexity index is 1090. The van der Waals surface area contributed by atoms with Gasteiger partial charge in [-0.2, -0.15) is 0 Å². The maximum atomic E-state index is 12.5. The van der Waals surface area contributed by atoms with E-state index in [4.69, 9.17) is 0 Å². The number of ether oxygens (including phenoxy) is 1. The summed E-state index contributed by atoms with van der Waals surface area (Å²) >= 11 is 4.35. The van der Waals surface area contributed by atoms with Gasteiger partial charge >= 0.3 is 6.36 Å². The van der Waals surface area contributed by atoms with Crippen LogP contribution in [-0.4, -0.2) is 11.3 Å². The number of halogens is 3. The highest BCUT2D eigenvalue weighted by molar-refractivity contribution is 7.80. The Morgan fingerprint density at radius 1 is 0.880 bits per heavy atom. The minimum Gasteiger partial charge on any atom is -0.406 e. The fourth-order valence-corrected chi connectivity index (χ4v) is 3.25. The van der Waals surface area contributed by atoms with E-state index < -0.39 is 6.36 Å². The highest BCUT2D eigenvalue weighted by Crippen LogP contribution is 2.36. The van der Waals surface area contributed by atoms with Gasteiger partial charge in [-0.25, -0.2) is 0 Å². The summed E-state index contributed by atoms with van der Waals surface area (Å²) in [4.78, 5) is 4.16. The maximum absolute atomic E-state index is 12.5. The molecule has 0 bridgehead atoms. The van der Waals surface area contributed by atoms with E-state index in [-0.39, 0.29) is 5.75 Å². The molecule has 1 N–H and O–H groups in total. The van der Waals surface area contributed by atoms with E-state index in [0.717, 1.165) is 32.3 Å². The van der Waals surface area contributed by atoms with E-state index in [1.54, 1.807) is 12.1 Å². The summed E-state index contributed by atoms with van der Waals surface area (Å²) in [7, 11) is 0. The molecule has 3 aromatic carbocycles. The second-order valence-electron chi connectivity index (χ2n) is 5.66. The Kier molecular flexibility index (Phi) is 3.65. The SMILES string of the molecule is FC(F)(F)Oc1cccc(-c2cccc3[nH]c4cc(S)ccc4c23)c1. The van der Waals surface area contributed by atoms with Crippen LogP contribution in [0.15, 0.2) is 65.6 Å². The van der Waals surface area contributed by atoms with Gasteiger partial charge in [-0.1, -0.05) is 30.3 Å². The van der Waals surface area contributed by atoms with Crippen molar-refractivity contribution in [1.29, 1.82) is 0 Å². The normalized spacial score (nSPS) is 12.0. The standard InChI is InChI=1S/C19H12F3NOS/c20-19(21,22)24-12-4-1-3-11(9-12)14-5-2-6-16-18(14)15-8-7-13(25)10-17(15)23-16/h1-10,23,25H. The molecular formula is C19H12F3NOS. The van der Waals surface area contributed by atoms with Crippen LogP contribution in [0.2, 0.25) is 0 Å². The van der Waals surface area contributed by atoms with Crippen LogP contribution in [0.5, 0.6) is 5.75 Å². The van der Waals surface area contributed by atoms with Crippen LogP contribution in [0.1, 0.15) is 0 Å². The minimum absolute atomic E-state index is 0.237. The van der Waals surface area contributed by atoms with Crippen molar-refractivity contribution >= 4 is 34.4 Å². The Hall–Kier alpha value is -2.60. The molecule has 0 fully saturated rings. The highest BCUT2D eigenvalue weighted by atomic mass is 32.1. The highest BCUT2D eigenvalue weighted by Gasteiger charge is 2.31. The van der Waals surface area contributed by atoms with Crippen LogP contribution in [0.4, 0.5) is 13.2 Å². The molecule has 0 aliphatic carbocycles. The van der Waals surface area contributed by atoms with Crippen molar-refractivity contribution in [2.75, 3.05) is 0 Å². The Morgan fingerprint density at radius 3 is 2.48 bits per heavy atom. The monoisotopic (exact) mass is 359 g/mol. The van der Waals surface area contributed by atoms with Gasteiger partial charge < -0.3 is 9.72 Å². The lowest BCUT2D eigenvalue weighted by Gasteiger charge is -2.11. The molecule has 6 heteroatoms. The van der Waals surface area contributed by atoms with Crippen molar-refractivity contribution in [2.45, 2.75) is 11.3 Å². The van der Waals surface area contributed by atoms with Gasteiger partial charge in [0.15, 0.2) is 0 Å². The zero-order valence-corrected chi connectivity index (χ0v) is 13.7. The average molecular weight is 359 g/mol. The van der Waals surface area contributed by atoms with E-state index in [9.17, 15) is 13.2 Å². The van der Waals surface area contributed by atoms with Crippen molar-refractivity contribution in [1.82, 2.24) is 4.98 Å². The van der Waals surface area contributed by atoms with Gasteiger partial charge in [-0.05, 0) is 41.5 Å². The fraction of sp³-hybridized carbons (Fsp3) is 0.0526. The number of benzene rings is 3. The lowest BCUT2D eigenvalue weighted by molar-refractivity contribution is -0.274. The molecule has 0 aliphatic rings. The number of rotatable bonds is 2. The summed E-state index contributed by atoms with van der Waals surface area (Å²) in [6.07, 6.45) is -4.71. The predicted molar refractivity (Wildman–Crippen MR) is 95.2 cm³/mol. The van der Waals surface area contributed by atoms with Crippen molar-refractivity contribution in [3.63, 3.8) is 0 Å². The van der Waals surface area contributed by atoms with Crippen molar-refractivity contribution in [3.8, 4) is 16.9 Å². The van der Waals surface area contributed by atoms with Gasteiger partial charge in [0.2, 0.25) is 0 Å². The molecule has 0 saturated carbocycles. The molecule has 2 nitrogen and oxygen atoms in total. The van der Waals surface area contributed by atoms with Gasteiger partial charge in [0.05, 0.1) is 0 Å². The lowest BCUT2D eigenvalue weighted by atomic mass is 9.99. The van der Waals surface area contributed by atoms with Gasteiger partial charge in [-0.15, -0.1) is 25.8 Å². The largest absolute Gasteiger partial charge is 0.573 e. The van der Waals surface area contributed by atoms with Crippen LogP contribution in [0, 0.1) is 0 Å². The van der Waals surface area contributed by atoms with E-state index in [0.29, 0.717) is 5.56 Å². The van der Waals surface area contributed by atoms with Crippen LogP contribution in [0.3, 0.4) is 0 Å². The fourth-order valence-electron chi connectivity index (χ4n) is 3.05. The molecule has 4 aromatic rings. The molecule has 0 amide bonds. The van der Waals surface area contributed by atoms with Crippen LogP contribution in [-0.2, 0) is 0 Å². The topological polar surface area (TPSA) is 25.0 Å². The van der Waals surface area contributed by atoms with Crippen LogP contribution >= 0.6 is 12.6 Å². The second kappa shape index (κ2) is 5.74. The molecule has 0 radical (unpaired) electrons. The molecule has 25 heavy (non-hydrogen) atoms. The number of fused-ring (bicyclic) bond motifs is 3. The smallest absolute Gasteiger partial charge is 0.406 e. The first kappa shape index (κ1) is 15.9. The first-order valence-corrected chi connectivity index (χ1v) is 7.95. The molecule has 0 aliphatic heterocycles. The number of hydrogen-bond donors (Lipinski definition) is 2. The van der Waals surface area contributed by atoms with Gasteiger partial charge in [-0.3, -0.25) is 0 Å². The number of hydrogen-bond acceptors (Lipinski definition) is 2. The van der Waals surface area contributed by atoms with Crippen LogP contribution < -0.4 is 4.74 Å². The number of H-pyrrole nitrogens is 1. The molecule has 0 saturated heterocycles. The summed E-state index contributed by atoms with van der Waals surface area (Å²) in [5, 5.41) is 1.94. The molecule has 1 heterocycles. The Morgan fingerprint density at radius 2 is 1.68 bits per heavy atom. The Labute approximate surface area is 146 Å². The van der Waals surface area contributed by atoms with E-state index in [1.807, 2.05) is 36.4 Å². The van der Waals surface area contributed by atoms with Crippen molar-refractivity contribution in [3.05, 3.63) is 60.7 Å². The molecule has 0 unspecified atom stereocenters. The zero-order chi connectivity index (χ0) is 17.6. The minimum atomic E-state index is -4.71. The van der Waals surface area contributed by atoms with E-state index >= 15 is 0 Å². The van der Waals surface area contributed by atoms with Gasteiger partial charge in [0.1, 0.15) is 5.75 Å². The van der Waals surface area contributed by atoms with E-state index in [2.05, 4.69) is 22.3 Å². The summed E-state index contributed by atoms with van der Waals surface area (Å²) in [6.45, 7) is 0. The summed E-state index contributed by atoms with van der Waals surface area (Å²) in [5.74, 6) is -0.237. The molecule has 4 rings (SSSR count). The first-order chi connectivity index (χ1) is 11.9. The second-order valence-corrected chi connectivity index (χ2v) is 6.18. The quantitative estimate of drug-likeness (QED) is 0.411. The van der Waals surface area contributed by atoms with E-state index in [1.165, 1.54) is 12.1 Å². The van der Waals surface area contributed by atoms with Crippen molar-refractivity contribution in [2.24, 2.45) is 0 Å². The first-order valence-electron chi connectivity index (χ1n) is 7.50. The number of thiol groups is 1. The average Bonchev–Trinajstić information content (AvgIpc) is 2.90. The van der Waals surface area contributed by atoms with Crippen molar-refractivity contribution < 1.29 is 17.9 Å². The molecule has 0 spiro atoms. The Balaban J connectivity index is 1.92. The number of aromatic nitrogens is 1. The summed E-state index contributed by atoms with van der Waals surface area (Å²) in [6, 6.07) is 17.5. The van der Waals surface area contributed by atoms with Gasteiger partial charge in [0.25, 0.3) is 0 Å². The lowest BCUT2D eigenvalue weighted by Crippen LogP contribution is -2.17. The predicted octanol–water partition coefficient (Wildman–Crippen LogP) is 6.18.